The number of nitrogens with zero attached hydrogens (tertiary/aromatic N) is 2. The van der Waals surface area contributed by atoms with E-state index in [0.29, 0.717) is 23.3 Å². The van der Waals surface area contributed by atoms with Gasteiger partial charge in [-0.1, -0.05) is 41.9 Å². The Kier molecular flexibility index (Phi) is 4.46. The number of para-hydroxylation sites is 1. The van der Waals surface area contributed by atoms with Crippen LogP contribution in [-0.4, -0.2) is 21.9 Å². The zero-order chi connectivity index (χ0) is 16.4. The average Bonchev–Trinajstić information content (AvgIpc) is 2.56. The Labute approximate surface area is 139 Å². The van der Waals surface area contributed by atoms with Crippen LogP contribution in [0.25, 0.3) is 10.9 Å². The van der Waals surface area contributed by atoms with Crippen LogP contribution in [0.5, 0.6) is 0 Å². The van der Waals surface area contributed by atoms with Gasteiger partial charge in [0.1, 0.15) is 5.82 Å². The third kappa shape index (κ3) is 3.28. The molecule has 2 aromatic carbocycles. The number of hydrogen-bond donors (Lipinski definition) is 1. The monoisotopic (exact) mass is 327 g/mol. The quantitative estimate of drug-likeness (QED) is 0.793. The van der Waals surface area contributed by atoms with Crippen molar-refractivity contribution in [1.82, 2.24) is 14.9 Å². The van der Waals surface area contributed by atoms with Gasteiger partial charge in [-0.2, -0.15) is 0 Å². The van der Waals surface area contributed by atoms with Gasteiger partial charge in [0, 0.05) is 11.6 Å². The number of hydrogen-bond acceptors (Lipinski definition) is 3. The van der Waals surface area contributed by atoms with Gasteiger partial charge in [0.25, 0.3) is 5.56 Å². The molecule has 0 saturated carbocycles. The fourth-order valence-electron chi connectivity index (χ4n) is 2.54. The minimum atomic E-state index is -0.108. The first-order valence-electron chi connectivity index (χ1n) is 7.49. The molecule has 0 aliphatic carbocycles. The van der Waals surface area contributed by atoms with Crippen LogP contribution in [0.4, 0.5) is 0 Å². The van der Waals surface area contributed by atoms with E-state index in [1.807, 2.05) is 56.4 Å². The van der Waals surface area contributed by atoms with E-state index in [0.717, 1.165) is 10.6 Å². The van der Waals surface area contributed by atoms with E-state index in [2.05, 4.69) is 14.9 Å². The molecular formula is C18H18ClN3O. The number of nitrogens with one attached hydrogen (secondary N) is 1. The highest BCUT2D eigenvalue weighted by Gasteiger charge is 2.16. The molecule has 1 heterocycles. The highest BCUT2D eigenvalue weighted by Crippen LogP contribution is 2.22. The van der Waals surface area contributed by atoms with Crippen LogP contribution in [0.15, 0.2) is 53.3 Å². The summed E-state index contributed by atoms with van der Waals surface area (Å²) in [6, 6.07) is 15.1. The van der Waals surface area contributed by atoms with E-state index < -0.39 is 0 Å². The van der Waals surface area contributed by atoms with Gasteiger partial charge in [0.2, 0.25) is 0 Å². The molecule has 0 saturated heterocycles. The Morgan fingerprint density at radius 3 is 2.65 bits per heavy atom. The third-order valence-corrected chi connectivity index (χ3v) is 4.43. The number of fused-ring (bicyclic) bond motifs is 1. The summed E-state index contributed by atoms with van der Waals surface area (Å²) in [6.07, 6.45) is 0. The molecule has 0 amide bonds. The van der Waals surface area contributed by atoms with Crippen LogP contribution >= 0.6 is 11.6 Å². The van der Waals surface area contributed by atoms with Crippen molar-refractivity contribution in [2.75, 3.05) is 7.05 Å². The molecule has 0 unspecified atom stereocenters. The molecule has 3 aromatic rings. The molecule has 23 heavy (non-hydrogen) atoms. The summed E-state index contributed by atoms with van der Waals surface area (Å²) in [6.45, 7) is 2.70. The van der Waals surface area contributed by atoms with Gasteiger partial charge in [-0.15, -0.1) is 0 Å². The van der Waals surface area contributed by atoms with Gasteiger partial charge in [-0.3, -0.25) is 9.69 Å². The van der Waals surface area contributed by atoms with Crippen molar-refractivity contribution in [1.29, 1.82) is 0 Å². The molecule has 0 aliphatic rings. The standard InChI is InChI=1S/C18H18ClN3O/c1-12(22(2)11-13-7-3-5-9-15(13)19)17-20-16-10-6-4-8-14(16)18(23)21-17/h3-10,12H,11H2,1-2H3,(H,20,21,23)/t12-/m1/s1. The first-order chi connectivity index (χ1) is 11.1. The molecule has 0 bridgehead atoms. The smallest absolute Gasteiger partial charge is 0.258 e. The van der Waals surface area contributed by atoms with Crippen molar-refractivity contribution in [2.24, 2.45) is 0 Å². The van der Waals surface area contributed by atoms with E-state index in [1.165, 1.54) is 0 Å². The minimum Gasteiger partial charge on any atom is -0.309 e. The van der Waals surface area contributed by atoms with Gasteiger partial charge in [-0.05, 0) is 37.7 Å². The maximum atomic E-state index is 12.2. The summed E-state index contributed by atoms with van der Waals surface area (Å²) in [5, 5.41) is 1.35. The molecular weight excluding hydrogens is 310 g/mol. The average molecular weight is 328 g/mol. The Hall–Kier alpha value is -2.17. The van der Waals surface area contributed by atoms with Crippen molar-refractivity contribution in [2.45, 2.75) is 19.5 Å². The topological polar surface area (TPSA) is 49.0 Å². The summed E-state index contributed by atoms with van der Waals surface area (Å²) in [5.74, 6) is 0.656. The van der Waals surface area contributed by atoms with Crippen molar-refractivity contribution in [3.8, 4) is 0 Å². The lowest BCUT2D eigenvalue weighted by Crippen LogP contribution is -2.26. The summed E-state index contributed by atoms with van der Waals surface area (Å²) in [7, 11) is 1.99. The van der Waals surface area contributed by atoms with Crippen LogP contribution in [0.3, 0.4) is 0 Å². The number of halogens is 1. The van der Waals surface area contributed by atoms with Gasteiger partial charge in [0.05, 0.1) is 16.9 Å². The van der Waals surface area contributed by atoms with Gasteiger partial charge < -0.3 is 4.98 Å². The number of H-pyrrole nitrogens is 1. The summed E-state index contributed by atoms with van der Waals surface area (Å²) >= 11 is 6.22. The molecule has 0 spiro atoms. The number of rotatable bonds is 4. The molecule has 0 fully saturated rings. The molecule has 0 aliphatic heterocycles. The van der Waals surface area contributed by atoms with Crippen LogP contribution in [0.2, 0.25) is 5.02 Å². The van der Waals surface area contributed by atoms with E-state index >= 15 is 0 Å². The zero-order valence-corrected chi connectivity index (χ0v) is 13.8. The molecule has 1 N–H and O–H groups in total. The lowest BCUT2D eigenvalue weighted by Gasteiger charge is -2.24. The molecule has 5 heteroatoms. The summed E-state index contributed by atoms with van der Waals surface area (Å²) < 4.78 is 0. The number of aromatic amines is 1. The number of benzene rings is 2. The summed E-state index contributed by atoms with van der Waals surface area (Å²) in [5.41, 5.74) is 1.65. The van der Waals surface area contributed by atoms with Crippen molar-refractivity contribution in [3.63, 3.8) is 0 Å². The molecule has 3 rings (SSSR count). The Morgan fingerprint density at radius 1 is 1.17 bits per heavy atom. The first kappa shape index (κ1) is 15.7. The van der Waals surface area contributed by atoms with Crippen LogP contribution < -0.4 is 5.56 Å². The van der Waals surface area contributed by atoms with Gasteiger partial charge in [-0.25, -0.2) is 4.98 Å². The fraction of sp³-hybridized carbons (Fsp3) is 0.222. The van der Waals surface area contributed by atoms with E-state index in [4.69, 9.17) is 11.6 Å². The first-order valence-corrected chi connectivity index (χ1v) is 7.86. The Morgan fingerprint density at radius 2 is 1.87 bits per heavy atom. The van der Waals surface area contributed by atoms with E-state index in [-0.39, 0.29) is 11.6 Å². The molecule has 118 valence electrons. The van der Waals surface area contributed by atoms with Crippen molar-refractivity contribution < 1.29 is 0 Å². The fourth-order valence-corrected chi connectivity index (χ4v) is 2.74. The highest BCUT2D eigenvalue weighted by atomic mass is 35.5. The van der Waals surface area contributed by atoms with Gasteiger partial charge in [0.15, 0.2) is 0 Å². The lowest BCUT2D eigenvalue weighted by atomic mass is 10.1. The van der Waals surface area contributed by atoms with Crippen LogP contribution in [-0.2, 0) is 6.54 Å². The normalized spacial score (nSPS) is 12.7. The predicted molar refractivity (Wildman–Crippen MR) is 93.7 cm³/mol. The lowest BCUT2D eigenvalue weighted by molar-refractivity contribution is 0.244. The van der Waals surface area contributed by atoms with Crippen LogP contribution in [0.1, 0.15) is 24.4 Å². The molecule has 4 nitrogen and oxygen atoms in total. The molecule has 1 atom stereocenters. The Balaban J connectivity index is 1.89. The second-order valence-corrected chi connectivity index (χ2v) is 6.06. The largest absolute Gasteiger partial charge is 0.309 e. The molecule has 1 aromatic heterocycles. The highest BCUT2D eigenvalue weighted by molar-refractivity contribution is 6.31. The number of aromatic nitrogens is 2. The maximum Gasteiger partial charge on any atom is 0.258 e. The summed E-state index contributed by atoms with van der Waals surface area (Å²) in [4.78, 5) is 21.8. The minimum absolute atomic E-state index is 0.0384. The van der Waals surface area contributed by atoms with E-state index in [1.54, 1.807) is 6.07 Å². The second kappa shape index (κ2) is 6.52. The van der Waals surface area contributed by atoms with Crippen molar-refractivity contribution in [3.05, 3.63) is 75.3 Å². The third-order valence-electron chi connectivity index (χ3n) is 4.07. The zero-order valence-electron chi connectivity index (χ0n) is 13.1. The second-order valence-electron chi connectivity index (χ2n) is 5.65. The van der Waals surface area contributed by atoms with Crippen molar-refractivity contribution >= 4 is 22.5 Å². The van der Waals surface area contributed by atoms with Crippen LogP contribution in [0, 0.1) is 0 Å². The van der Waals surface area contributed by atoms with Gasteiger partial charge >= 0.3 is 0 Å². The molecule has 0 radical (unpaired) electrons. The Bertz CT molecular complexity index is 891. The SMILES string of the molecule is C[C@H](c1nc2ccccc2c(=O)[nH]1)N(C)Cc1ccccc1Cl. The van der Waals surface area contributed by atoms with E-state index in [9.17, 15) is 4.79 Å². The predicted octanol–water partition coefficient (Wildman–Crippen LogP) is 3.77. The maximum absolute atomic E-state index is 12.2.